The lowest BCUT2D eigenvalue weighted by atomic mass is 10.1. The van der Waals surface area contributed by atoms with E-state index >= 15 is 0 Å². The van der Waals surface area contributed by atoms with Crippen molar-refractivity contribution < 1.29 is 4.74 Å². The standard InChI is InChI=1S/C10H12N2O/c1-2-8-10-9(3-1)13-7-6-12(10)5-4-11-8/h1-3,11H,4-7H2. The molecule has 68 valence electrons. The molecule has 2 aliphatic heterocycles. The normalized spacial score (nSPS) is 18.6. The lowest BCUT2D eigenvalue weighted by Gasteiger charge is -2.36. The largest absolute Gasteiger partial charge is 0.489 e. The summed E-state index contributed by atoms with van der Waals surface area (Å²) in [7, 11) is 0. The Labute approximate surface area is 77.3 Å². The highest BCUT2D eigenvalue weighted by atomic mass is 16.5. The van der Waals surface area contributed by atoms with Crippen LogP contribution in [0.1, 0.15) is 0 Å². The van der Waals surface area contributed by atoms with E-state index in [2.05, 4.69) is 16.3 Å². The molecule has 2 heterocycles. The van der Waals surface area contributed by atoms with Crippen molar-refractivity contribution in [3.8, 4) is 5.75 Å². The molecule has 0 spiro atoms. The molecule has 0 fully saturated rings. The first-order chi connectivity index (χ1) is 6.45. The summed E-state index contributed by atoms with van der Waals surface area (Å²) in [5.41, 5.74) is 2.46. The third-order valence-corrected chi connectivity index (χ3v) is 2.63. The number of para-hydroxylation sites is 1. The van der Waals surface area contributed by atoms with Gasteiger partial charge in [-0.25, -0.2) is 0 Å². The fourth-order valence-electron chi connectivity index (χ4n) is 2.03. The highest BCUT2D eigenvalue weighted by Gasteiger charge is 2.23. The number of anilines is 2. The summed E-state index contributed by atoms with van der Waals surface area (Å²) in [6.07, 6.45) is 0. The second-order valence-corrected chi connectivity index (χ2v) is 3.41. The van der Waals surface area contributed by atoms with Crippen LogP contribution in [-0.4, -0.2) is 26.2 Å². The monoisotopic (exact) mass is 176 g/mol. The summed E-state index contributed by atoms with van der Waals surface area (Å²) in [5, 5.41) is 3.38. The summed E-state index contributed by atoms with van der Waals surface area (Å²) in [6, 6.07) is 6.19. The van der Waals surface area contributed by atoms with E-state index in [4.69, 9.17) is 4.74 Å². The molecule has 2 aliphatic rings. The van der Waals surface area contributed by atoms with Crippen LogP contribution in [0, 0.1) is 0 Å². The highest BCUT2D eigenvalue weighted by molar-refractivity contribution is 5.79. The molecule has 0 aliphatic carbocycles. The van der Waals surface area contributed by atoms with Gasteiger partial charge in [0.25, 0.3) is 0 Å². The molecule has 0 radical (unpaired) electrons. The van der Waals surface area contributed by atoms with Crippen molar-refractivity contribution in [3.05, 3.63) is 18.2 Å². The zero-order valence-corrected chi connectivity index (χ0v) is 7.42. The van der Waals surface area contributed by atoms with Crippen LogP contribution in [0.25, 0.3) is 0 Å². The Kier molecular flexibility index (Phi) is 1.39. The molecule has 3 nitrogen and oxygen atoms in total. The average Bonchev–Trinajstić information content (AvgIpc) is 2.19. The van der Waals surface area contributed by atoms with Crippen molar-refractivity contribution in [2.75, 3.05) is 36.5 Å². The maximum absolute atomic E-state index is 5.59. The molecule has 0 atom stereocenters. The van der Waals surface area contributed by atoms with E-state index in [0.717, 1.165) is 32.0 Å². The van der Waals surface area contributed by atoms with Crippen molar-refractivity contribution in [1.29, 1.82) is 0 Å². The predicted molar refractivity (Wildman–Crippen MR) is 52.6 cm³/mol. The van der Waals surface area contributed by atoms with Gasteiger partial charge in [-0.2, -0.15) is 0 Å². The number of ether oxygens (including phenoxy) is 1. The summed E-state index contributed by atoms with van der Waals surface area (Å²) < 4.78 is 5.59. The fourth-order valence-corrected chi connectivity index (χ4v) is 2.03. The predicted octanol–water partition coefficient (Wildman–Crippen LogP) is 1.31. The van der Waals surface area contributed by atoms with Crippen LogP contribution in [-0.2, 0) is 0 Å². The van der Waals surface area contributed by atoms with E-state index < -0.39 is 0 Å². The molecule has 3 heteroatoms. The number of hydrogen-bond donors (Lipinski definition) is 1. The third kappa shape index (κ3) is 0.963. The van der Waals surface area contributed by atoms with Crippen LogP contribution in [0.4, 0.5) is 11.4 Å². The van der Waals surface area contributed by atoms with Crippen LogP contribution in [0.15, 0.2) is 18.2 Å². The third-order valence-electron chi connectivity index (χ3n) is 2.63. The molecule has 1 aromatic carbocycles. The molecular formula is C10H12N2O. The van der Waals surface area contributed by atoms with Crippen LogP contribution < -0.4 is 15.0 Å². The topological polar surface area (TPSA) is 24.5 Å². The van der Waals surface area contributed by atoms with Gasteiger partial charge < -0.3 is 15.0 Å². The van der Waals surface area contributed by atoms with Crippen molar-refractivity contribution >= 4 is 11.4 Å². The van der Waals surface area contributed by atoms with Crippen LogP contribution in [0.2, 0.25) is 0 Å². The Morgan fingerprint density at radius 3 is 3.31 bits per heavy atom. The molecule has 0 aromatic heterocycles. The number of nitrogens with zero attached hydrogens (tertiary/aromatic N) is 1. The molecule has 13 heavy (non-hydrogen) atoms. The first kappa shape index (κ1) is 7.06. The fraction of sp³-hybridized carbons (Fsp3) is 0.400. The molecular weight excluding hydrogens is 164 g/mol. The number of benzene rings is 1. The quantitative estimate of drug-likeness (QED) is 0.645. The van der Waals surface area contributed by atoms with Gasteiger partial charge >= 0.3 is 0 Å². The summed E-state index contributed by atoms with van der Waals surface area (Å²) >= 11 is 0. The van der Waals surface area contributed by atoms with Crippen LogP contribution in [0.5, 0.6) is 5.75 Å². The van der Waals surface area contributed by atoms with E-state index in [0.29, 0.717) is 0 Å². The number of rotatable bonds is 0. The van der Waals surface area contributed by atoms with Crippen molar-refractivity contribution in [2.24, 2.45) is 0 Å². The Balaban J connectivity index is 2.18. The molecule has 1 N–H and O–H groups in total. The number of nitrogens with one attached hydrogen (secondary N) is 1. The zero-order chi connectivity index (χ0) is 8.67. The average molecular weight is 176 g/mol. The van der Waals surface area contributed by atoms with E-state index in [9.17, 15) is 0 Å². The van der Waals surface area contributed by atoms with E-state index in [1.165, 1.54) is 11.4 Å². The van der Waals surface area contributed by atoms with Gasteiger partial charge in [0.15, 0.2) is 0 Å². The van der Waals surface area contributed by atoms with Gasteiger partial charge in [0.05, 0.1) is 12.2 Å². The Hall–Kier alpha value is -1.38. The van der Waals surface area contributed by atoms with E-state index in [-0.39, 0.29) is 0 Å². The SMILES string of the molecule is c1cc2c3c(c1)OCCN3CCN2. The van der Waals surface area contributed by atoms with Gasteiger partial charge in [-0.15, -0.1) is 0 Å². The Morgan fingerprint density at radius 1 is 1.31 bits per heavy atom. The van der Waals surface area contributed by atoms with Crippen LogP contribution in [0.3, 0.4) is 0 Å². The minimum atomic E-state index is 0.816. The van der Waals surface area contributed by atoms with Crippen molar-refractivity contribution in [2.45, 2.75) is 0 Å². The molecule has 3 rings (SSSR count). The molecule has 1 aromatic rings. The smallest absolute Gasteiger partial charge is 0.144 e. The Bertz CT molecular complexity index is 309. The maximum Gasteiger partial charge on any atom is 0.144 e. The maximum atomic E-state index is 5.59. The second kappa shape index (κ2) is 2.55. The lowest BCUT2D eigenvalue weighted by Crippen LogP contribution is -2.39. The summed E-state index contributed by atoms with van der Waals surface area (Å²) in [6.45, 7) is 3.96. The molecule has 0 bridgehead atoms. The van der Waals surface area contributed by atoms with Gasteiger partial charge in [0.2, 0.25) is 0 Å². The second-order valence-electron chi connectivity index (χ2n) is 3.41. The first-order valence-corrected chi connectivity index (χ1v) is 4.70. The highest BCUT2D eigenvalue weighted by Crippen LogP contribution is 2.39. The molecule has 0 unspecified atom stereocenters. The lowest BCUT2D eigenvalue weighted by molar-refractivity contribution is 0.307. The zero-order valence-electron chi connectivity index (χ0n) is 7.42. The first-order valence-electron chi connectivity index (χ1n) is 4.70. The molecule has 0 amide bonds. The van der Waals surface area contributed by atoms with E-state index in [1.807, 2.05) is 12.1 Å². The van der Waals surface area contributed by atoms with Gasteiger partial charge in [-0.3, -0.25) is 0 Å². The molecule has 0 saturated heterocycles. The van der Waals surface area contributed by atoms with Crippen molar-refractivity contribution in [3.63, 3.8) is 0 Å². The van der Waals surface area contributed by atoms with Crippen LogP contribution >= 0.6 is 0 Å². The minimum Gasteiger partial charge on any atom is -0.489 e. The Morgan fingerprint density at radius 2 is 2.31 bits per heavy atom. The minimum absolute atomic E-state index is 0.816. The van der Waals surface area contributed by atoms with E-state index in [1.54, 1.807) is 0 Å². The van der Waals surface area contributed by atoms with Gasteiger partial charge in [0.1, 0.15) is 18.0 Å². The van der Waals surface area contributed by atoms with Gasteiger partial charge in [-0.1, -0.05) is 6.07 Å². The molecule has 0 saturated carbocycles. The van der Waals surface area contributed by atoms with Gasteiger partial charge in [0, 0.05) is 13.1 Å². The number of hydrogen-bond acceptors (Lipinski definition) is 3. The summed E-state index contributed by atoms with van der Waals surface area (Å²) in [4.78, 5) is 2.39. The van der Waals surface area contributed by atoms with Gasteiger partial charge in [-0.05, 0) is 12.1 Å². The summed E-state index contributed by atoms with van der Waals surface area (Å²) in [5.74, 6) is 1.02. The van der Waals surface area contributed by atoms with Crippen molar-refractivity contribution in [1.82, 2.24) is 0 Å².